The molecule has 0 amide bonds. The zero-order valence-electron chi connectivity index (χ0n) is 7.24. The van der Waals surface area contributed by atoms with Gasteiger partial charge in [-0.3, -0.25) is 4.79 Å². The molecule has 0 aliphatic carbocycles. The molecule has 0 aromatic carbocycles. The average molecular weight is 200 g/mol. The van der Waals surface area contributed by atoms with E-state index in [-0.39, 0.29) is 0 Å². The van der Waals surface area contributed by atoms with Gasteiger partial charge >= 0.3 is 0 Å². The van der Waals surface area contributed by atoms with Crippen LogP contribution in [0.25, 0.3) is 0 Å². The molecule has 0 aliphatic rings. The second kappa shape index (κ2) is 4.67. The lowest BCUT2D eigenvalue weighted by molar-refractivity contribution is 0.112. The van der Waals surface area contributed by atoms with Crippen molar-refractivity contribution in [3.05, 3.63) is 16.3 Å². The molecule has 0 spiro atoms. The summed E-state index contributed by atoms with van der Waals surface area (Å²) >= 11 is 3.34. The minimum absolute atomic E-state index is 0.638. The van der Waals surface area contributed by atoms with Gasteiger partial charge in [0.05, 0.1) is 4.88 Å². The fourth-order valence-corrected chi connectivity index (χ4v) is 2.61. The predicted molar refractivity (Wildman–Crippen MR) is 55.3 cm³/mol. The number of carbonyl (C=O) groups is 1. The van der Waals surface area contributed by atoms with E-state index in [1.807, 2.05) is 23.2 Å². The Hall–Kier alpha value is -0.280. The van der Waals surface area contributed by atoms with E-state index in [4.69, 9.17) is 0 Å². The minimum atomic E-state index is 0.638. The number of rotatable bonds is 4. The molecule has 1 heterocycles. The number of thiophene rings is 1. The minimum Gasteiger partial charge on any atom is -0.297 e. The van der Waals surface area contributed by atoms with E-state index in [0.717, 1.165) is 17.6 Å². The topological polar surface area (TPSA) is 17.1 Å². The third kappa shape index (κ3) is 2.64. The molecule has 0 bridgehead atoms. The van der Waals surface area contributed by atoms with Crippen molar-refractivity contribution in [1.29, 1.82) is 0 Å². The first kappa shape index (κ1) is 9.81. The second-order valence-electron chi connectivity index (χ2n) is 2.64. The summed E-state index contributed by atoms with van der Waals surface area (Å²) in [6, 6.07) is 1.95. The first-order valence-electron chi connectivity index (χ1n) is 3.96. The number of hydrogen-bond donors (Lipinski definition) is 0. The summed E-state index contributed by atoms with van der Waals surface area (Å²) < 4.78 is 0. The first-order valence-corrected chi connectivity index (χ1v) is 5.72. The molecule has 66 valence electrons. The first-order chi connectivity index (χ1) is 5.76. The lowest BCUT2D eigenvalue weighted by Crippen LogP contribution is -1.90. The van der Waals surface area contributed by atoms with Crippen LogP contribution >= 0.6 is 23.1 Å². The predicted octanol–water partition coefficient (Wildman–Crippen LogP) is 3.45. The maximum absolute atomic E-state index is 10.4. The summed E-state index contributed by atoms with van der Waals surface area (Å²) in [5.41, 5.74) is 0. The molecule has 3 heteroatoms. The number of aldehydes is 1. The molecule has 0 saturated heterocycles. The Morgan fingerprint density at radius 2 is 2.50 bits per heavy atom. The van der Waals surface area contributed by atoms with Crippen molar-refractivity contribution >= 4 is 29.4 Å². The molecule has 12 heavy (non-hydrogen) atoms. The van der Waals surface area contributed by atoms with E-state index >= 15 is 0 Å². The van der Waals surface area contributed by atoms with E-state index in [9.17, 15) is 4.79 Å². The summed E-state index contributed by atoms with van der Waals surface area (Å²) in [5, 5.41) is 2.68. The summed E-state index contributed by atoms with van der Waals surface area (Å²) in [7, 11) is 0. The van der Waals surface area contributed by atoms with Crippen molar-refractivity contribution in [1.82, 2.24) is 0 Å². The molecular formula is C9H12OS2. The van der Waals surface area contributed by atoms with Crippen molar-refractivity contribution in [3.63, 3.8) is 0 Å². The van der Waals surface area contributed by atoms with Gasteiger partial charge < -0.3 is 0 Å². The van der Waals surface area contributed by atoms with Crippen LogP contribution in [0.3, 0.4) is 0 Å². The van der Waals surface area contributed by atoms with Gasteiger partial charge in [-0.05, 0) is 12.5 Å². The summed E-state index contributed by atoms with van der Waals surface area (Å²) in [5.74, 6) is 0. The normalized spacial score (nSPS) is 12.8. The van der Waals surface area contributed by atoms with Crippen LogP contribution in [-0.2, 0) is 0 Å². The van der Waals surface area contributed by atoms with Gasteiger partial charge in [-0.1, -0.05) is 13.8 Å². The number of carbonyl (C=O) groups excluding carboxylic acids is 1. The Balaban J connectivity index is 2.57. The fourth-order valence-electron chi connectivity index (χ4n) is 0.774. The van der Waals surface area contributed by atoms with Gasteiger partial charge in [-0.15, -0.1) is 23.1 Å². The molecule has 1 atom stereocenters. The lowest BCUT2D eigenvalue weighted by atomic mass is 10.4. The molecule has 1 aromatic rings. The highest BCUT2D eigenvalue weighted by atomic mass is 32.2. The van der Waals surface area contributed by atoms with Crippen LogP contribution in [0.5, 0.6) is 0 Å². The summed E-state index contributed by atoms with van der Waals surface area (Å²) in [6.07, 6.45) is 2.07. The fraction of sp³-hybridized carbons (Fsp3) is 0.444. The highest BCUT2D eigenvalue weighted by molar-refractivity contribution is 8.00. The monoisotopic (exact) mass is 200 g/mol. The van der Waals surface area contributed by atoms with Gasteiger partial charge in [-0.2, -0.15) is 0 Å². The van der Waals surface area contributed by atoms with E-state index in [2.05, 4.69) is 13.8 Å². The molecule has 0 radical (unpaired) electrons. The molecule has 1 rings (SSSR count). The van der Waals surface area contributed by atoms with Crippen molar-refractivity contribution in [3.8, 4) is 0 Å². The van der Waals surface area contributed by atoms with Crippen LogP contribution in [0.15, 0.2) is 16.3 Å². The maximum atomic E-state index is 10.4. The molecule has 0 saturated carbocycles. The Bertz CT molecular complexity index is 255. The average Bonchev–Trinajstić information content (AvgIpc) is 2.52. The van der Waals surface area contributed by atoms with Crippen molar-refractivity contribution in [2.75, 3.05) is 0 Å². The SMILES string of the molecule is CCC(C)Sc1csc(C=O)c1. The van der Waals surface area contributed by atoms with E-state index in [1.54, 1.807) is 0 Å². The molecular weight excluding hydrogens is 188 g/mol. The van der Waals surface area contributed by atoms with E-state index in [0.29, 0.717) is 5.25 Å². The highest BCUT2D eigenvalue weighted by Gasteiger charge is 2.03. The van der Waals surface area contributed by atoms with Crippen molar-refractivity contribution < 1.29 is 4.79 Å². The Kier molecular flexibility index (Phi) is 3.82. The number of hydrogen-bond acceptors (Lipinski definition) is 3. The Labute approximate surface area is 81.2 Å². The van der Waals surface area contributed by atoms with Crippen molar-refractivity contribution in [2.45, 2.75) is 30.4 Å². The van der Waals surface area contributed by atoms with Crippen LogP contribution in [0, 0.1) is 0 Å². The zero-order valence-corrected chi connectivity index (χ0v) is 8.87. The van der Waals surface area contributed by atoms with Gasteiger partial charge in [0.2, 0.25) is 0 Å². The molecule has 0 aliphatic heterocycles. The van der Waals surface area contributed by atoms with Crippen LogP contribution in [0.2, 0.25) is 0 Å². The number of thioether (sulfide) groups is 1. The van der Waals surface area contributed by atoms with Crippen LogP contribution < -0.4 is 0 Å². The largest absolute Gasteiger partial charge is 0.297 e. The van der Waals surface area contributed by atoms with Gasteiger partial charge in [0, 0.05) is 15.5 Å². The van der Waals surface area contributed by atoms with Crippen LogP contribution in [0.4, 0.5) is 0 Å². The smallest absolute Gasteiger partial charge is 0.160 e. The molecule has 0 fully saturated rings. The lowest BCUT2D eigenvalue weighted by Gasteiger charge is -2.04. The third-order valence-corrected chi connectivity index (χ3v) is 3.87. The van der Waals surface area contributed by atoms with Crippen LogP contribution in [-0.4, -0.2) is 11.5 Å². The Morgan fingerprint density at radius 1 is 1.75 bits per heavy atom. The van der Waals surface area contributed by atoms with Crippen molar-refractivity contribution in [2.24, 2.45) is 0 Å². The van der Waals surface area contributed by atoms with Gasteiger partial charge in [0.25, 0.3) is 0 Å². The molecule has 1 nitrogen and oxygen atoms in total. The molecule has 0 N–H and O–H groups in total. The standard InChI is InChI=1S/C9H12OS2/c1-3-7(2)12-9-4-8(5-10)11-6-9/h4-7H,3H2,1-2H3. The third-order valence-electron chi connectivity index (χ3n) is 1.62. The highest BCUT2D eigenvalue weighted by Crippen LogP contribution is 2.28. The van der Waals surface area contributed by atoms with Gasteiger partial charge in [0.15, 0.2) is 6.29 Å². The van der Waals surface area contributed by atoms with E-state index < -0.39 is 0 Å². The quantitative estimate of drug-likeness (QED) is 0.547. The zero-order chi connectivity index (χ0) is 8.97. The summed E-state index contributed by atoms with van der Waals surface area (Å²) in [4.78, 5) is 12.4. The van der Waals surface area contributed by atoms with E-state index in [1.165, 1.54) is 16.2 Å². The summed E-state index contributed by atoms with van der Waals surface area (Å²) in [6.45, 7) is 4.37. The molecule has 1 aromatic heterocycles. The maximum Gasteiger partial charge on any atom is 0.160 e. The van der Waals surface area contributed by atoms with Crippen LogP contribution in [0.1, 0.15) is 29.9 Å². The van der Waals surface area contributed by atoms with Gasteiger partial charge in [0.1, 0.15) is 0 Å². The molecule has 1 unspecified atom stereocenters. The Morgan fingerprint density at radius 3 is 3.00 bits per heavy atom. The second-order valence-corrected chi connectivity index (χ2v) is 5.09. The van der Waals surface area contributed by atoms with Gasteiger partial charge in [-0.25, -0.2) is 0 Å².